The van der Waals surface area contributed by atoms with Crippen LogP contribution in [0.2, 0.25) is 0 Å². The molecular formula is C21H24N2O3S. The third-order valence-electron chi connectivity index (χ3n) is 3.75. The average molecular weight is 385 g/mol. The Labute approximate surface area is 164 Å². The Balaban J connectivity index is 1.89. The van der Waals surface area contributed by atoms with Gasteiger partial charge in [0.25, 0.3) is 0 Å². The van der Waals surface area contributed by atoms with E-state index in [9.17, 15) is 9.59 Å². The molecule has 0 fully saturated rings. The van der Waals surface area contributed by atoms with Crippen LogP contribution in [-0.2, 0) is 9.59 Å². The van der Waals surface area contributed by atoms with Crippen molar-refractivity contribution in [2.45, 2.75) is 11.8 Å². The van der Waals surface area contributed by atoms with E-state index in [0.29, 0.717) is 6.61 Å². The lowest BCUT2D eigenvalue weighted by Crippen LogP contribution is -2.33. The second kappa shape index (κ2) is 10.4. The van der Waals surface area contributed by atoms with Gasteiger partial charge in [0.1, 0.15) is 5.75 Å². The lowest BCUT2D eigenvalue weighted by atomic mass is 10.2. The quantitative estimate of drug-likeness (QED) is 0.554. The number of anilines is 1. The molecule has 2 amide bonds. The Morgan fingerprint density at radius 1 is 1.15 bits per heavy atom. The van der Waals surface area contributed by atoms with Gasteiger partial charge in [-0.3, -0.25) is 9.59 Å². The van der Waals surface area contributed by atoms with Gasteiger partial charge in [-0.15, -0.1) is 11.8 Å². The van der Waals surface area contributed by atoms with Crippen molar-refractivity contribution in [3.63, 3.8) is 0 Å². The highest BCUT2D eigenvalue weighted by Gasteiger charge is 2.12. The van der Waals surface area contributed by atoms with Crippen molar-refractivity contribution in [3.8, 4) is 5.75 Å². The maximum Gasteiger partial charge on any atom is 0.246 e. The molecular weight excluding hydrogens is 360 g/mol. The molecule has 27 heavy (non-hydrogen) atoms. The maximum absolute atomic E-state index is 12.2. The summed E-state index contributed by atoms with van der Waals surface area (Å²) < 4.78 is 5.39. The normalized spacial score (nSPS) is 10.6. The van der Waals surface area contributed by atoms with Crippen molar-refractivity contribution in [1.82, 2.24) is 4.90 Å². The molecule has 0 aliphatic rings. The molecule has 0 aliphatic carbocycles. The molecule has 2 aromatic carbocycles. The number of carbonyl (C=O) groups is 2. The fourth-order valence-electron chi connectivity index (χ4n) is 2.37. The number of amides is 2. The van der Waals surface area contributed by atoms with E-state index in [-0.39, 0.29) is 18.4 Å². The summed E-state index contributed by atoms with van der Waals surface area (Å²) in [5.74, 6) is 0.319. The molecule has 0 atom stereocenters. The Bertz CT molecular complexity index is 803. The van der Waals surface area contributed by atoms with Crippen molar-refractivity contribution in [2.75, 3.05) is 31.8 Å². The average Bonchev–Trinajstić information content (AvgIpc) is 2.67. The van der Waals surface area contributed by atoms with Crippen molar-refractivity contribution >= 4 is 35.3 Å². The monoisotopic (exact) mass is 384 g/mol. The van der Waals surface area contributed by atoms with Crippen LogP contribution in [0.4, 0.5) is 5.69 Å². The van der Waals surface area contributed by atoms with Crippen LogP contribution in [0.5, 0.6) is 5.75 Å². The molecule has 0 radical (unpaired) electrons. The van der Waals surface area contributed by atoms with Crippen LogP contribution in [0.1, 0.15) is 12.5 Å². The SMILES string of the molecule is CCOc1ccc(/C=C/C(=O)N(C)CC(=O)Nc2ccccc2SC)cc1. The largest absolute Gasteiger partial charge is 0.494 e. The standard InChI is InChI=1S/C21H24N2O3S/c1-4-26-17-12-9-16(10-13-17)11-14-21(25)23(2)15-20(24)22-18-7-5-6-8-19(18)27-3/h5-14H,4,15H2,1-3H3,(H,22,24)/b14-11+. The summed E-state index contributed by atoms with van der Waals surface area (Å²) in [7, 11) is 1.60. The smallest absolute Gasteiger partial charge is 0.246 e. The van der Waals surface area contributed by atoms with Crippen LogP contribution in [0, 0.1) is 0 Å². The molecule has 0 spiro atoms. The molecule has 0 aromatic heterocycles. The number of likely N-dealkylation sites (N-methyl/N-ethyl adjacent to an activating group) is 1. The zero-order chi connectivity index (χ0) is 19.6. The lowest BCUT2D eigenvalue weighted by Gasteiger charge is -2.15. The predicted octanol–water partition coefficient (Wildman–Crippen LogP) is 3.92. The third kappa shape index (κ3) is 6.49. The summed E-state index contributed by atoms with van der Waals surface area (Å²) in [6.45, 7) is 2.52. The highest BCUT2D eigenvalue weighted by Crippen LogP contribution is 2.24. The van der Waals surface area contributed by atoms with Crippen LogP contribution in [-0.4, -0.2) is 43.2 Å². The van der Waals surface area contributed by atoms with Gasteiger partial charge in [-0.05, 0) is 49.1 Å². The summed E-state index contributed by atoms with van der Waals surface area (Å²) in [4.78, 5) is 26.8. The Morgan fingerprint density at radius 2 is 1.85 bits per heavy atom. The van der Waals surface area contributed by atoms with Gasteiger partial charge in [-0.2, -0.15) is 0 Å². The predicted molar refractivity (Wildman–Crippen MR) is 111 cm³/mol. The van der Waals surface area contributed by atoms with Crippen LogP contribution >= 0.6 is 11.8 Å². The van der Waals surface area contributed by atoms with Gasteiger partial charge >= 0.3 is 0 Å². The van der Waals surface area contributed by atoms with Crippen molar-refractivity contribution < 1.29 is 14.3 Å². The number of rotatable bonds is 8. The van der Waals surface area contributed by atoms with E-state index in [1.807, 2.05) is 61.7 Å². The molecule has 1 N–H and O–H groups in total. The fourth-order valence-corrected chi connectivity index (χ4v) is 2.92. The van der Waals surface area contributed by atoms with E-state index in [4.69, 9.17) is 4.74 Å². The summed E-state index contributed by atoms with van der Waals surface area (Å²) in [6.07, 6.45) is 5.13. The van der Waals surface area contributed by atoms with E-state index in [1.54, 1.807) is 24.9 Å². The molecule has 0 heterocycles. The zero-order valence-corrected chi connectivity index (χ0v) is 16.6. The maximum atomic E-state index is 12.2. The fraction of sp³-hybridized carbons (Fsp3) is 0.238. The number of hydrogen-bond acceptors (Lipinski definition) is 4. The number of hydrogen-bond donors (Lipinski definition) is 1. The molecule has 0 aliphatic heterocycles. The number of nitrogens with one attached hydrogen (secondary N) is 1. The first-order valence-corrected chi connectivity index (χ1v) is 9.85. The van der Waals surface area contributed by atoms with Crippen LogP contribution in [0.25, 0.3) is 6.08 Å². The van der Waals surface area contributed by atoms with Crippen LogP contribution in [0.15, 0.2) is 59.5 Å². The first-order chi connectivity index (χ1) is 13.0. The molecule has 0 saturated carbocycles. The molecule has 0 bridgehead atoms. The van der Waals surface area contributed by atoms with Crippen LogP contribution in [0.3, 0.4) is 0 Å². The van der Waals surface area contributed by atoms with Crippen molar-refractivity contribution in [3.05, 3.63) is 60.2 Å². The number of para-hydroxylation sites is 1. The van der Waals surface area contributed by atoms with Gasteiger partial charge in [-0.25, -0.2) is 0 Å². The Kier molecular flexibility index (Phi) is 7.95. The van der Waals surface area contributed by atoms with Crippen molar-refractivity contribution in [2.24, 2.45) is 0 Å². The van der Waals surface area contributed by atoms with E-state index in [0.717, 1.165) is 21.9 Å². The number of thioether (sulfide) groups is 1. The number of ether oxygens (including phenoxy) is 1. The molecule has 5 nitrogen and oxygen atoms in total. The molecule has 142 valence electrons. The summed E-state index contributed by atoms with van der Waals surface area (Å²) in [6, 6.07) is 15.0. The highest BCUT2D eigenvalue weighted by molar-refractivity contribution is 7.98. The summed E-state index contributed by atoms with van der Waals surface area (Å²) in [5.41, 5.74) is 1.64. The lowest BCUT2D eigenvalue weighted by molar-refractivity contribution is -0.129. The van der Waals surface area contributed by atoms with Crippen LogP contribution < -0.4 is 10.1 Å². The highest BCUT2D eigenvalue weighted by atomic mass is 32.2. The molecule has 6 heteroatoms. The molecule has 2 rings (SSSR count). The molecule has 0 unspecified atom stereocenters. The Hall–Kier alpha value is -2.73. The van der Waals surface area contributed by atoms with Gasteiger partial charge < -0.3 is 15.0 Å². The zero-order valence-electron chi connectivity index (χ0n) is 15.8. The molecule has 2 aromatic rings. The minimum Gasteiger partial charge on any atom is -0.494 e. The topological polar surface area (TPSA) is 58.6 Å². The Morgan fingerprint density at radius 3 is 2.52 bits per heavy atom. The first kappa shape index (κ1) is 20.6. The molecule has 0 saturated heterocycles. The van der Waals surface area contributed by atoms with E-state index in [1.165, 1.54) is 11.0 Å². The number of carbonyl (C=O) groups excluding carboxylic acids is 2. The first-order valence-electron chi connectivity index (χ1n) is 8.62. The van der Waals surface area contributed by atoms with Gasteiger partial charge in [0, 0.05) is 18.0 Å². The summed E-state index contributed by atoms with van der Waals surface area (Å²) in [5, 5.41) is 2.85. The van der Waals surface area contributed by atoms with Gasteiger partial charge in [0.2, 0.25) is 11.8 Å². The van der Waals surface area contributed by atoms with Crippen molar-refractivity contribution in [1.29, 1.82) is 0 Å². The van der Waals surface area contributed by atoms with E-state index in [2.05, 4.69) is 5.32 Å². The number of benzene rings is 2. The summed E-state index contributed by atoms with van der Waals surface area (Å²) >= 11 is 1.56. The number of nitrogens with zero attached hydrogens (tertiary/aromatic N) is 1. The van der Waals surface area contributed by atoms with Gasteiger partial charge in [0.15, 0.2) is 0 Å². The van der Waals surface area contributed by atoms with E-state index < -0.39 is 0 Å². The van der Waals surface area contributed by atoms with Gasteiger partial charge in [0.05, 0.1) is 18.8 Å². The van der Waals surface area contributed by atoms with E-state index >= 15 is 0 Å². The van der Waals surface area contributed by atoms with Gasteiger partial charge in [-0.1, -0.05) is 24.3 Å². The second-order valence-electron chi connectivity index (χ2n) is 5.78. The minimum atomic E-state index is -0.239. The minimum absolute atomic E-state index is 0.0187. The second-order valence-corrected chi connectivity index (χ2v) is 6.63. The third-order valence-corrected chi connectivity index (χ3v) is 4.54.